The molecule has 0 fully saturated rings. The van der Waals surface area contributed by atoms with Crippen LogP contribution in [-0.2, 0) is 4.74 Å². The number of aliphatic hydroxyl groups excluding tert-OH is 1. The average molecular weight is 210 g/mol. The van der Waals surface area contributed by atoms with Gasteiger partial charge >= 0.3 is 0 Å². The lowest BCUT2D eigenvalue weighted by atomic mass is 10.2. The molecule has 1 atom stereocenters. The van der Waals surface area contributed by atoms with E-state index in [0.29, 0.717) is 18.8 Å². The van der Waals surface area contributed by atoms with Gasteiger partial charge in [-0.25, -0.2) is 0 Å². The first-order valence-corrected chi connectivity index (χ1v) is 4.60. The Morgan fingerprint density at radius 1 is 1.47 bits per heavy atom. The first-order chi connectivity index (χ1) is 7.26. The minimum Gasteiger partial charge on any atom is -0.389 e. The number of nitrogens with one attached hydrogen (secondary N) is 1. The van der Waals surface area contributed by atoms with Crippen LogP contribution in [0, 0.1) is 4.91 Å². The second-order valence-electron chi connectivity index (χ2n) is 3.13. The van der Waals surface area contributed by atoms with Crippen molar-refractivity contribution < 1.29 is 9.84 Å². The molecule has 1 aromatic carbocycles. The minimum absolute atomic E-state index is 0.293. The van der Waals surface area contributed by atoms with E-state index in [9.17, 15) is 10.0 Å². The summed E-state index contributed by atoms with van der Waals surface area (Å²) in [5, 5.41) is 15.2. The Morgan fingerprint density at radius 2 is 2.13 bits per heavy atom. The van der Waals surface area contributed by atoms with Crippen molar-refractivity contribution >= 4 is 11.4 Å². The third-order valence-corrected chi connectivity index (χ3v) is 1.87. The van der Waals surface area contributed by atoms with E-state index in [1.54, 1.807) is 24.3 Å². The highest BCUT2D eigenvalue weighted by Crippen LogP contribution is 2.15. The summed E-state index contributed by atoms with van der Waals surface area (Å²) >= 11 is 0. The van der Waals surface area contributed by atoms with E-state index in [2.05, 4.69) is 10.5 Å². The summed E-state index contributed by atoms with van der Waals surface area (Å²) in [5.74, 6) is 0. The maximum Gasteiger partial charge on any atom is 0.108 e. The van der Waals surface area contributed by atoms with E-state index in [4.69, 9.17) is 4.74 Å². The molecule has 0 aliphatic heterocycles. The fraction of sp³-hybridized carbons (Fsp3) is 0.400. The number of benzene rings is 1. The van der Waals surface area contributed by atoms with Gasteiger partial charge in [0.2, 0.25) is 0 Å². The summed E-state index contributed by atoms with van der Waals surface area (Å²) in [6, 6.07) is 6.68. The van der Waals surface area contributed by atoms with E-state index in [1.165, 1.54) is 7.11 Å². The van der Waals surface area contributed by atoms with Gasteiger partial charge in [-0.15, -0.1) is 4.91 Å². The lowest BCUT2D eigenvalue weighted by Gasteiger charge is -2.11. The first-order valence-electron chi connectivity index (χ1n) is 4.60. The average Bonchev–Trinajstić information content (AvgIpc) is 2.27. The molecule has 0 aliphatic rings. The van der Waals surface area contributed by atoms with Crippen LogP contribution in [0.1, 0.15) is 0 Å². The summed E-state index contributed by atoms with van der Waals surface area (Å²) in [5.41, 5.74) is 1.22. The zero-order valence-electron chi connectivity index (χ0n) is 8.51. The maximum absolute atomic E-state index is 10.1. The van der Waals surface area contributed by atoms with Gasteiger partial charge in [0.25, 0.3) is 0 Å². The second kappa shape index (κ2) is 6.10. The number of aliphatic hydroxyl groups is 1. The number of nitrogens with zero attached hydrogens (tertiary/aromatic N) is 1. The van der Waals surface area contributed by atoms with Crippen LogP contribution >= 0.6 is 0 Å². The van der Waals surface area contributed by atoms with Crippen LogP contribution in [0.4, 0.5) is 11.4 Å². The van der Waals surface area contributed by atoms with Crippen LogP contribution in [0.3, 0.4) is 0 Å². The van der Waals surface area contributed by atoms with Gasteiger partial charge in [-0.3, -0.25) is 0 Å². The molecule has 0 bridgehead atoms. The number of hydrogen-bond acceptors (Lipinski definition) is 5. The summed E-state index contributed by atoms with van der Waals surface area (Å²) in [6.45, 7) is 0.697. The van der Waals surface area contributed by atoms with Crippen molar-refractivity contribution in [1.29, 1.82) is 0 Å². The minimum atomic E-state index is -0.543. The van der Waals surface area contributed by atoms with E-state index < -0.39 is 6.10 Å². The van der Waals surface area contributed by atoms with Crippen molar-refractivity contribution in [3.63, 3.8) is 0 Å². The molecule has 0 aliphatic carbocycles. The predicted molar refractivity (Wildman–Crippen MR) is 58.3 cm³/mol. The number of anilines is 1. The van der Waals surface area contributed by atoms with Crippen molar-refractivity contribution in [3.05, 3.63) is 29.2 Å². The molecule has 0 radical (unpaired) electrons. The smallest absolute Gasteiger partial charge is 0.108 e. The van der Waals surface area contributed by atoms with Gasteiger partial charge in [0.05, 0.1) is 12.7 Å². The normalized spacial score (nSPS) is 12.1. The highest BCUT2D eigenvalue weighted by Gasteiger charge is 2.02. The molecule has 82 valence electrons. The molecule has 0 spiro atoms. The number of methoxy groups -OCH3 is 1. The van der Waals surface area contributed by atoms with Crippen molar-refractivity contribution in [1.82, 2.24) is 0 Å². The van der Waals surface area contributed by atoms with Crippen molar-refractivity contribution in [2.75, 3.05) is 25.6 Å². The van der Waals surface area contributed by atoms with Crippen LogP contribution in [0.15, 0.2) is 29.4 Å². The number of rotatable bonds is 6. The molecule has 2 N–H and O–H groups in total. The fourth-order valence-electron chi connectivity index (χ4n) is 1.13. The predicted octanol–water partition coefficient (Wildman–Crippen LogP) is 1.50. The Labute approximate surface area is 88.0 Å². The fourth-order valence-corrected chi connectivity index (χ4v) is 1.13. The standard InChI is InChI=1S/C10H14N2O3/c1-15-7-10(13)6-11-8-2-4-9(12-14)5-3-8/h2-5,10-11,13H,6-7H2,1H3. The van der Waals surface area contributed by atoms with Gasteiger partial charge in [0, 0.05) is 19.3 Å². The molecule has 0 aromatic heterocycles. The van der Waals surface area contributed by atoms with Gasteiger partial charge in [-0.1, -0.05) is 0 Å². The number of nitroso groups, excluding NO2 is 1. The Hall–Kier alpha value is -1.46. The molecule has 0 saturated heterocycles. The van der Waals surface area contributed by atoms with Gasteiger partial charge in [0.1, 0.15) is 5.69 Å². The lowest BCUT2D eigenvalue weighted by molar-refractivity contribution is 0.0727. The molecule has 0 heterocycles. The van der Waals surface area contributed by atoms with Gasteiger partial charge in [-0.2, -0.15) is 0 Å². The van der Waals surface area contributed by atoms with Gasteiger partial charge in [0.15, 0.2) is 0 Å². The molecule has 1 rings (SSSR count). The van der Waals surface area contributed by atoms with Gasteiger partial charge in [-0.05, 0) is 29.4 Å². The van der Waals surface area contributed by atoms with E-state index in [0.717, 1.165) is 5.69 Å². The van der Waals surface area contributed by atoms with Crippen LogP contribution in [0.25, 0.3) is 0 Å². The van der Waals surface area contributed by atoms with Crippen molar-refractivity contribution in [2.24, 2.45) is 5.18 Å². The SMILES string of the molecule is COCC(O)CNc1ccc(N=O)cc1. The van der Waals surface area contributed by atoms with Crippen LogP contribution < -0.4 is 5.32 Å². The monoisotopic (exact) mass is 210 g/mol. The van der Waals surface area contributed by atoms with E-state index in [1.807, 2.05) is 0 Å². The Morgan fingerprint density at radius 3 is 2.67 bits per heavy atom. The lowest BCUT2D eigenvalue weighted by Crippen LogP contribution is -2.24. The molecular formula is C10H14N2O3. The van der Waals surface area contributed by atoms with Crippen LogP contribution in [-0.4, -0.2) is 31.5 Å². The van der Waals surface area contributed by atoms with Gasteiger partial charge < -0.3 is 15.2 Å². The molecule has 5 nitrogen and oxygen atoms in total. The van der Waals surface area contributed by atoms with Crippen molar-refractivity contribution in [3.8, 4) is 0 Å². The zero-order chi connectivity index (χ0) is 11.1. The van der Waals surface area contributed by atoms with Crippen molar-refractivity contribution in [2.45, 2.75) is 6.10 Å². The maximum atomic E-state index is 10.1. The quantitative estimate of drug-likeness (QED) is 0.698. The Kier molecular flexibility index (Phi) is 4.73. The van der Waals surface area contributed by atoms with Crippen LogP contribution in [0.5, 0.6) is 0 Å². The second-order valence-corrected chi connectivity index (χ2v) is 3.13. The number of hydrogen-bond donors (Lipinski definition) is 2. The molecule has 1 aromatic rings. The summed E-state index contributed by atoms with van der Waals surface area (Å²) < 4.78 is 4.78. The summed E-state index contributed by atoms with van der Waals surface area (Å²) in [7, 11) is 1.54. The summed E-state index contributed by atoms with van der Waals surface area (Å²) in [6.07, 6.45) is -0.543. The van der Waals surface area contributed by atoms with E-state index >= 15 is 0 Å². The number of ether oxygens (including phenoxy) is 1. The molecule has 0 saturated carbocycles. The molecule has 5 heteroatoms. The van der Waals surface area contributed by atoms with Crippen LogP contribution in [0.2, 0.25) is 0 Å². The highest BCUT2D eigenvalue weighted by molar-refractivity contribution is 5.50. The third-order valence-electron chi connectivity index (χ3n) is 1.87. The Balaban J connectivity index is 2.40. The highest BCUT2D eigenvalue weighted by atomic mass is 16.5. The Bertz CT molecular complexity index is 300. The molecule has 15 heavy (non-hydrogen) atoms. The first kappa shape index (κ1) is 11.6. The summed E-state index contributed by atoms with van der Waals surface area (Å²) in [4.78, 5) is 10.1. The topological polar surface area (TPSA) is 70.9 Å². The molecule has 0 amide bonds. The largest absolute Gasteiger partial charge is 0.389 e. The third kappa shape index (κ3) is 4.05. The molecule has 1 unspecified atom stereocenters. The molecular weight excluding hydrogens is 196 g/mol. The zero-order valence-corrected chi connectivity index (χ0v) is 8.51. The van der Waals surface area contributed by atoms with E-state index in [-0.39, 0.29) is 0 Å².